The highest BCUT2D eigenvalue weighted by Gasteiger charge is 2.39. The maximum Gasteiger partial charge on any atom is 0.408 e. The van der Waals surface area contributed by atoms with Gasteiger partial charge in [0.1, 0.15) is 35.2 Å². The van der Waals surface area contributed by atoms with Crippen molar-refractivity contribution in [1.29, 1.82) is 0 Å². The number of hydrazine groups is 1. The Morgan fingerprint density at radius 1 is 0.962 bits per heavy atom. The average Bonchev–Trinajstić information content (AvgIpc) is 3.06. The highest BCUT2D eigenvalue weighted by atomic mass is 28.4. The SMILES string of the molecule is C=CCCOC(=O)C1CCCN(C(=O)C(Cc2cccc(O[Si](C)(C)C(C)(C)C)c2)NC(=O)C(Cc2ccc(OC)cc2)NC(=O)OC(C)(C)C)N1. The topological polar surface area (TPSA) is 145 Å². The van der Waals surface area contributed by atoms with Gasteiger partial charge >= 0.3 is 12.1 Å². The van der Waals surface area contributed by atoms with Gasteiger partial charge in [0.15, 0.2) is 0 Å². The zero-order chi connectivity index (χ0) is 38.7. The average molecular weight is 739 g/mol. The minimum absolute atomic E-state index is 0.0289. The summed E-state index contributed by atoms with van der Waals surface area (Å²) >= 11 is 0. The van der Waals surface area contributed by atoms with E-state index >= 15 is 0 Å². The molecule has 0 aromatic heterocycles. The molecule has 1 saturated heterocycles. The number of hydrogen-bond acceptors (Lipinski definition) is 9. The molecule has 2 aromatic rings. The van der Waals surface area contributed by atoms with Crippen molar-refractivity contribution in [3.8, 4) is 11.5 Å². The van der Waals surface area contributed by atoms with Crippen molar-refractivity contribution >= 4 is 32.2 Å². The van der Waals surface area contributed by atoms with Crippen LogP contribution in [0, 0.1) is 0 Å². The Kier molecular flexibility index (Phi) is 14.9. The summed E-state index contributed by atoms with van der Waals surface area (Å²) in [6, 6.07) is 11.8. The first-order chi connectivity index (χ1) is 24.3. The Morgan fingerprint density at radius 3 is 2.25 bits per heavy atom. The molecule has 0 spiro atoms. The van der Waals surface area contributed by atoms with Crippen LogP contribution < -0.4 is 25.2 Å². The molecule has 3 rings (SSSR count). The van der Waals surface area contributed by atoms with Crippen molar-refractivity contribution in [3.05, 3.63) is 72.3 Å². The molecule has 2 aromatic carbocycles. The third kappa shape index (κ3) is 13.0. The molecule has 1 heterocycles. The zero-order valence-electron chi connectivity index (χ0n) is 32.3. The molecule has 52 heavy (non-hydrogen) atoms. The van der Waals surface area contributed by atoms with Crippen LogP contribution in [0.1, 0.15) is 71.9 Å². The minimum Gasteiger partial charge on any atom is -0.543 e. The van der Waals surface area contributed by atoms with Crippen LogP contribution >= 0.6 is 0 Å². The van der Waals surface area contributed by atoms with Crippen LogP contribution in [0.15, 0.2) is 61.2 Å². The largest absolute Gasteiger partial charge is 0.543 e. The van der Waals surface area contributed by atoms with Crippen LogP contribution in [0.3, 0.4) is 0 Å². The van der Waals surface area contributed by atoms with E-state index < -0.39 is 55.9 Å². The summed E-state index contributed by atoms with van der Waals surface area (Å²) in [5.74, 6) is -0.146. The number of methoxy groups -OCH3 is 1. The summed E-state index contributed by atoms with van der Waals surface area (Å²) in [4.78, 5) is 54.2. The summed E-state index contributed by atoms with van der Waals surface area (Å²) in [6.45, 7) is 20.2. The van der Waals surface area contributed by atoms with Crippen LogP contribution in [0.5, 0.6) is 11.5 Å². The number of esters is 1. The second-order valence-corrected chi connectivity index (χ2v) is 20.3. The predicted molar refractivity (Wildman–Crippen MR) is 203 cm³/mol. The van der Waals surface area contributed by atoms with E-state index in [1.54, 1.807) is 58.2 Å². The van der Waals surface area contributed by atoms with Gasteiger partial charge in [-0.3, -0.25) is 19.4 Å². The standard InChI is InChI=1S/C39H58N4O8Si/c1-11-12-23-49-36(46)31-17-14-22-43(42-31)35(45)33(26-28-15-13-16-30(24-28)51-52(9,10)39(5,6)7)40-34(44)32(41-37(47)50-38(2,3)4)25-27-18-20-29(48-8)21-19-27/h11,13,15-16,18-21,24,31-33,42H,1,12,14,17,22-23,25-26H2,2-10H3,(H,40,44)(H,41,47). The molecule has 1 aliphatic rings. The minimum atomic E-state index is -2.17. The van der Waals surface area contributed by atoms with E-state index in [1.165, 1.54) is 5.01 Å². The predicted octanol–water partition coefficient (Wildman–Crippen LogP) is 5.86. The van der Waals surface area contributed by atoms with Crippen molar-refractivity contribution in [3.63, 3.8) is 0 Å². The van der Waals surface area contributed by atoms with Gasteiger partial charge in [0.25, 0.3) is 5.91 Å². The highest BCUT2D eigenvalue weighted by Crippen LogP contribution is 2.37. The molecule has 12 nitrogen and oxygen atoms in total. The lowest BCUT2D eigenvalue weighted by Crippen LogP contribution is -2.61. The van der Waals surface area contributed by atoms with Crippen molar-refractivity contribution in [2.75, 3.05) is 20.3 Å². The van der Waals surface area contributed by atoms with Crippen molar-refractivity contribution < 1.29 is 37.8 Å². The molecule has 1 fully saturated rings. The van der Waals surface area contributed by atoms with Gasteiger partial charge < -0.3 is 29.3 Å². The lowest BCUT2D eigenvalue weighted by molar-refractivity contribution is -0.153. The number of carbonyl (C=O) groups excluding carboxylic acids is 4. The van der Waals surface area contributed by atoms with E-state index in [4.69, 9.17) is 18.6 Å². The number of carbonyl (C=O) groups is 4. The molecule has 3 N–H and O–H groups in total. The second-order valence-electron chi connectivity index (χ2n) is 15.6. The molecular formula is C39H58N4O8Si. The van der Waals surface area contributed by atoms with E-state index in [0.717, 1.165) is 11.1 Å². The molecule has 13 heteroatoms. The fraction of sp³-hybridized carbons (Fsp3) is 0.538. The van der Waals surface area contributed by atoms with Gasteiger partial charge in [0.2, 0.25) is 14.2 Å². The number of hydrogen-bond donors (Lipinski definition) is 3. The van der Waals surface area contributed by atoms with Crippen LogP contribution in [-0.4, -0.2) is 81.2 Å². The smallest absolute Gasteiger partial charge is 0.408 e. The molecule has 286 valence electrons. The van der Waals surface area contributed by atoms with E-state index in [-0.39, 0.29) is 24.5 Å². The Hall–Kier alpha value is -4.36. The number of amides is 3. The number of ether oxygens (including phenoxy) is 3. The molecular weight excluding hydrogens is 681 g/mol. The first-order valence-corrected chi connectivity index (χ1v) is 20.8. The third-order valence-corrected chi connectivity index (χ3v) is 13.4. The van der Waals surface area contributed by atoms with E-state index in [1.807, 2.05) is 24.3 Å². The molecule has 0 aliphatic carbocycles. The summed E-state index contributed by atoms with van der Waals surface area (Å²) in [6.07, 6.45) is 2.69. The normalized spacial score (nSPS) is 16.2. The zero-order valence-corrected chi connectivity index (χ0v) is 33.3. The first kappa shape index (κ1) is 42.1. The Balaban J connectivity index is 1.94. The van der Waals surface area contributed by atoms with Gasteiger partial charge in [0.05, 0.1) is 13.7 Å². The lowest BCUT2D eigenvalue weighted by Gasteiger charge is -2.36. The van der Waals surface area contributed by atoms with Crippen LogP contribution in [-0.2, 0) is 36.7 Å². The molecule has 3 unspecified atom stereocenters. The van der Waals surface area contributed by atoms with Gasteiger partial charge in [-0.05, 0) is 93.6 Å². The van der Waals surface area contributed by atoms with Crippen LogP contribution in [0.25, 0.3) is 0 Å². The maximum atomic E-state index is 14.3. The van der Waals surface area contributed by atoms with E-state index in [0.29, 0.717) is 37.3 Å². The summed E-state index contributed by atoms with van der Waals surface area (Å²) < 4.78 is 22.7. The maximum absolute atomic E-state index is 14.3. The summed E-state index contributed by atoms with van der Waals surface area (Å²) in [5.41, 5.74) is 3.75. The van der Waals surface area contributed by atoms with Gasteiger partial charge in [0, 0.05) is 19.4 Å². The van der Waals surface area contributed by atoms with Crippen molar-refractivity contribution in [1.82, 2.24) is 21.1 Å². The monoisotopic (exact) mass is 738 g/mol. The Labute approximate surface area is 310 Å². The third-order valence-electron chi connectivity index (χ3n) is 9.04. The Morgan fingerprint density at radius 2 is 1.63 bits per heavy atom. The summed E-state index contributed by atoms with van der Waals surface area (Å²) in [7, 11) is -0.607. The first-order valence-electron chi connectivity index (χ1n) is 17.9. The van der Waals surface area contributed by atoms with Crippen molar-refractivity contribution in [2.24, 2.45) is 0 Å². The molecule has 0 radical (unpaired) electrons. The van der Waals surface area contributed by atoms with Crippen LogP contribution in [0.2, 0.25) is 18.1 Å². The highest BCUT2D eigenvalue weighted by molar-refractivity contribution is 6.74. The number of rotatable bonds is 15. The quantitative estimate of drug-likeness (QED) is 0.0887. The molecule has 1 aliphatic heterocycles. The van der Waals surface area contributed by atoms with Crippen LogP contribution in [0.4, 0.5) is 4.79 Å². The second kappa shape index (κ2) is 18.4. The molecule has 0 saturated carbocycles. The van der Waals surface area contributed by atoms with E-state index in [2.05, 4.69) is 56.5 Å². The van der Waals surface area contributed by atoms with Gasteiger partial charge in [-0.15, -0.1) is 6.58 Å². The number of benzene rings is 2. The van der Waals surface area contributed by atoms with E-state index in [9.17, 15) is 19.2 Å². The number of alkyl carbamates (subject to hydrolysis) is 1. The summed E-state index contributed by atoms with van der Waals surface area (Å²) in [5, 5.41) is 6.98. The fourth-order valence-corrected chi connectivity index (χ4v) is 6.22. The van der Waals surface area contributed by atoms with Gasteiger partial charge in [-0.1, -0.05) is 51.1 Å². The molecule has 3 amide bonds. The van der Waals surface area contributed by atoms with Crippen molar-refractivity contribution in [2.45, 2.75) is 116 Å². The molecule has 3 atom stereocenters. The number of nitrogens with one attached hydrogen (secondary N) is 3. The molecule has 0 bridgehead atoms. The number of nitrogens with zero attached hydrogens (tertiary/aromatic N) is 1. The Bertz CT molecular complexity index is 1530. The lowest BCUT2D eigenvalue weighted by atomic mass is 10.0. The van der Waals surface area contributed by atoms with Gasteiger partial charge in [-0.2, -0.15) is 0 Å². The fourth-order valence-electron chi connectivity index (χ4n) is 5.19. The van der Waals surface area contributed by atoms with Gasteiger partial charge in [-0.25, -0.2) is 10.2 Å².